The predicted molar refractivity (Wildman–Crippen MR) is 131 cm³/mol. The highest BCUT2D eigenvalue weighted by molar-refractivity contribution is 5.90. The standard InChI is InChI=1S/C28H32N2O2/c1-19(2)15-21-7-6-8-25(17-21)29-30-27-18-22(16-20(3)4)9-14-26(27)23-10-12-24(13-11-23)28(31)32-5/h6-14,17-20H,15-16H2,1-5H3/b30-29+. The number of rotatable bonds is 8. The third-order valence-corrected chi connectivity index (χ3v) is 5.15. The summed E-state index contributed by atoms with van der Waals surface area (Å²) in [4.78, 5) is 11.8. The number of hydrogen-bond donors (Lipinski definition) is 0. The molecule has 0 N–H and O–H groups in total. The summed E-state index contributed by atoms with van der Waals surface area (Å²) in [6.45, 7) is 8.85. The van der Waals surface area contributed by atoms with Crippen molar-refractivity contribution in [2.45, 2.75) is 40.5 Å². The fraction of sp³-hybridized carbons (Fsp3) is 0.321. The Bertz CT molecular complexity index is 1080. The van der Waals surface area contributed by atoms with E-state index in [0.717, 1.165) is 35.3 Å². The average Bonchev–Trinajstić information content (AvgIpc) is 2.77. The van der Waals surface area contributed by atoms with E-state index in [1.165, 1.54) is 18.2 Å². The van der Waals surface area contributed by atoms with E-state index >= 15 is 0 Å². The SMILES string of the molecule is COC(=O)c1ccc(-c2ccc(CC(C)C)cc2/N=N/c2cccc(CC(C)C)c2)cc1. The molecule has 0 aromatic heterocycles. The van der Waals surface area contributed by atoms with Crippen LogP contribution in [0.5, 0.6) is 0 Å². The summed E-state index contributed by atoms with van der Waals surface area (Å²) in [5, 5.41) is 9.21. The summed E-state index contributed by atoms with van der Waals surface area (Å²) >= 11 is 0. The number of azo groups is 1. The smallest absolute Gasteiger partial charge is 0.337 e. The molecule has 0 fully saturated rings. The minimum Gasteiger partial charge on any atom is -0.465 e. The minimum atomic E-state index is -0.343. The second-order valence-electron chi connectivity index (χ2n) is 8.99. The maximum absolute atomic E-state index is 11.8. The highest BCUT2D eigenvalue weighted by Gasteiger charge is 2.10. The molecule has 3 aromatic carbocycles. The molecule has 0 radical (unpaired) electrons. The lowest BCUT2D eigenvalue weighted by Crippen LogP contribution is -2.00. The van der Waals surface area contributed by atoms with Gasteiger partial charge in [0.05, 0.1) is 24.0 Å². The number of hydrogen-bond acceptors (Lipinski definition) is 4. The third kappa shape index (κ3) is 6.36. The quantitative estimate of drug-likeness (QED) is 0.270. The highest BCUT2D eigenvalue weighted by Crippen LogP contribution is 2.33. The molecule has 166 valence electrons. The van der Waals surface area contributed by atoms with Gasteiger partial charge in [0.2, 0.25) is 0 Å². The van der Waals surface area contributed by atoms with Crippen molar-refractivity contribution in [3.8, 4) is 11.1 Å². The van der Waals surface area contributed by atoms with Gasteiger partial charge in [-0.05, 0) is 71.7 Å². The Morgan fingerprint density at radius 1 is 0.812 bits per heavy atom. The Balaban J connectivity index is 1.97. The van der Waals surface area contributed by atoms with Crippen LogP contribution in [-0.2, 0) is 17.6 Å². The molecule has 0 saturated carbocycles. The van der Waals surface area contributed by atoms with Crippen LogP contribution in [0.25, 0.3) is 11.1 Å². The van der Waals surface area contributed by atoms with Crippen LogP contribution in [0, 0.1) is 11.8 Å². The molecule has 4 heteroatoms. The Morgan fingerprint density at radius 2 is 1.47 bits per heavy atom. The van der Waals surface area contributed by atoms with E-state index in [0.29, 0.717) is 17.4 Å². The molecule has 0 bridgehead atoms. The number of nitrogens with zero attached hydrogens (tertiary/aromatic N) is 2. The van der Waals surface area contributed by atoms with Gasteiger partial charge in [-0.25, -0.2) is 4.79 Å². The average molecular weight is 429 g/mol. The Labute approximate surface area is 191 Å². The predicted octanol–water partition coefficient (Wildman–Crippen LogP) is 7.95. The zero-order valence-electron chi connectivity index (χ0n) is 19.6. The first kappa shape index (κ1) is 23.4. The molecule has 0 aliphatic rings. The minimum absolute atomic E-state index is 0.343. The van der Waals surface area contributed by atoms with Crippen molar-refractivity contribution in [3.63, 3.8) is 0 Å². The fourth-order valence-electron chi connectivity index (χ4n) is 3.73. The number of esters is 1. The molecule has 0 amide bonds. The number of carbonyl (C=O) groups is 1. The van der Waals surface area contributed by atoms with Gasteiger partial charge < -0.3 is 4.74 Å². The molecule has 32 heavy (non-hydrogen) atoms. The van der Waals surface area contributed by atoms with Crippen molar-refractivity contribution in [2.24, 2.45) is 22.1 Å². The Kier molecular flexibility index (Phi) is 7.93. The first-order chi connectivity index (χ1) is 15.4. The largest absolute Gasteiger partial charge is 0.465 e. The number of methoxy groups -OCH3 is 1. The maximum atomic E-state index is 11.8. The summed E-state index contributed by atoms with van der Waals surface area (Å²) in [5.41, 5.74) is 6.67. The maximum Gasteiger partial charge on any atom is 0.337 e. The molecule has 0 atom stereocenters. The molecule has 0 aliphatic heterocycles. The van der Waals surface area contributed by atoms with Gasteiger partial charge in [-0.15, -0.1) is 5.11 Å². The lowest BCUT2D eigenvalue weighted by molar-refractivity contribution is 0.0600. The molecule has 4 nitrogen and oxygen atoms in total. The highest BCUT2D eigenvalue weighted by atomic mass is 16.5. The summed E-state index contributed by atoms with van der Waals surface area (Å²) in [7, 11) is 1.39. The molecule has 0 aliphatic carbocycles. The molecule has 3 aromatic rings. The summed E-state index contributed by atoms with van der Waals surface area (Å²) in [6.07, 6.45) is 2.00. The molecule has 0 spiro atoms. The van der Waals surface area contributed by atoms with Crippen LogP contribution in [0.2, 0.25) is 0 Å². The van der Waals surface area contributed by atoms with E-state index in [2.05, 4.69) is 68.3 Å². The van der Waals surface area contributed by atoms with Gasteiger partial charge in [0.15, 0.2) is 0 Å². The summed E-state index contributed by atoms with van der Waals surface area (Å²) < 4.78 is 4.81. The summed E-state index contributed by atoms with van der Waals surface area (Å²) in [6, 6.07) is 22.0. The molecule has 3 rings (SSSR count). The van der Waals surface area contributed by atoms with Gasteiger partial charge in [0.1, 0.15) is 0 Å². The van der Waals surface area contributed by atoms with Gasteiger partial charge in [-0.2, -0.15) is 5.11 Å². The van der Waals surface area contributed by atoms with Crippen LogP contribution < -0.4 is 0 Å². The molecule has 0 unspecified atom stereocenters. The molecular formula is C28H32N2O2. The van der Waals surface area contributed by atoms with E-state index in [-0.39, 0.29) is 5.97 Å². The zero-order valence-corrected chi connectivity index (χ0v) is 19.6. The van der Waals surface area contributed by atoms with Crippen LogP contribution in [-0.4, -0.2) is 13.1 Å². The van der Waals surface area contributed by atoms with E-state index in [9.17, 15) is 4.79 Å². The van der Waals surface area contributed by atoms with Crippen molar-refractivity contribution in [2.75, 3.05) is 7.11 Å². The van der Waals surface area contributed by atoms with E-state index in [4.69, 9.17) is 4.74 Å². The third-order valence-electron chi connectivity index (χ3n) is 5.15. The van der Waals surface area contributed by atoms with Crippen LogP contribution in [0.1, 0.15) is 49.2 Å². The number of benzene rings is 3. The first-order valence-electron chi connectivity index (χ1n) is 11.2. The monoisotopic (exact) mass is 428 g/mol. The normalized spacial score (nSPS) is 11.5. The molecule has 0 heterocycles. The zero-order chi connectivity index (χ0) is 23.1. The topological polar surface area (TPSA) is 51.0 Å². The fourth-order valence-corrected chi connectivity index (χ4v) is 3.73. The second kappa shape index (κ2) is 10.9. The van der Waals surface area contributed by atoms with Crippen molar-refractivity contribution < 1.29 is 9.53 Å². The number of ether oxygens (including phenoxy) is 1. The summed E-state index contributed by atoms with van der Waals surface area (Å²) in [5.74, 6) is 0.803. The molecule has 0 saturated heterocycles. The lowest BCUT2D eigenvalue weighted by atomic mass is 9.97. The Morgan fingerprint density at radius 3 is 2.09 bits per heavy atom. The van der Waals surface area contributed by atoms with Gasteiger partial charge in [-0.3, -0.25) is 0 Å². The van der Waals surface area contributed by atoms with Crippen molar-refractivity contribution in [1.82, 2.24) is 0 Å². The van der Waals surface area contributed by atoms with E-state index in [1.54, 1.807) is 12.1 Å². The van der Waals surface area contributed by atoms with Crippen LogP contribution >= 0.6 is 0 Å². The number of carbonyl (C=O) groups excluding carboxylic acids is 1. The van der Waals surface area contributed by atoms with Gasteiger partial charge in [-0.1, -0.05) is 64.1 Å². The lowest BCUT2D eigenvalue weighted by Gasteiger charge is -2.11. The van der Waals surface area contributed by atoms with Crippen LogP contribution in [0.4, 0.5) is 11.4 Å². The van der Waals surface area contributed by atoms with Crippen LogP contribution in [0.15, 0.2) is 77.0 Å². The van der Waals surface area contributed by atoms with Gasteiger partial charge in [0.25, 0.3) is 0 Å². The van der Waals surface area contributed by atoms with Crippen molar-refractivity contribution >= 4 is 17.3 Å². The first-order valence-corrected chi connectivity index (χ1v) is 11.2. The second-order valence-corrected chi connectivity index (χ2v) is 8.99. The van der Waals surface area contributed by atoms with Crippen molar-refractivity contribution in [3.05, 3.63) is 83.4 Å². The van der Waals surface area contributed by atoms with E-state index < -0.39 is 0 Å². The van der Waals surface area contributed by atoms with Crippen molar-refractivity contribution in [1.29, 1.82) is 0 Å². The van der Waals surface area contributed by atoms with Gasteiger partial charge >= 0.3 is 5.97 Å². The van der Waals surface area contributed by atoms with Gasteiger partial charge in [0, 0.05) is 5.56 Å². The van der Waals surface area contributed by atoms with Crippen LogP contribution in [0.3, 0.4) is 0 Å². The van der Waals surface area contributed by atoms with E-state index in [1.807, 2.05) is 24.3 Å². The molecular weight excluding hydrogens is 396 g/mol. The Hall–Kier alpha value is -3.27.